The molecule has 1 aromatic carbocycles. The van der Waals surface area contributed by atoms with Crippen molar-refractivity contribution < 1.29 is 0 Å². The number of hydrogen-bond acceptors (Lipinski definition) is 2. The first-order valence-electron chi connectivity index (χ1n) is 5.90. The molecule has 1 aliphatic carbocycles. The van der Waals surface area contributed by atoms with E-state index in [0.717, 1.165) is 10.5 Å². The van der Waals surface area contributed by atoms with Gasteiger partial charge in [0.15, 0.2) is 0 Å². The zero-order valence-corrected chi connectivity index (χ0v) is 11.6. The zero-order chi connectivity index (χ0) is 12.0. The van der Waals surface area contributed by atoms with Crippen molar-refractivity contribution in [1.29, 1.82) is 0 Å². The Kier molecular flexibility index (Phi) is 2.83. The van der Waals surface area contributed by atoms with Gasteiger partial charge in [-0.25, -0.2) is 0 Å². The van der Waals surface area contributed by atoms with Crippen LogP contribution in [0.15, 0.2) is 18.3 Å². The fourth-order valence-corrected chi connectivity index (χ4v) is 2.71. The molecule has 0 bridgehead atoms. The molecule has 0 amide bonds. The summed E-state index contributed by atoms with van der Waals surface area (Å²) in [6.07, 6.45) is 6.76. The van der Waals surface area contributed by atoms with E-state index < -0.39 is 0 Å². The number of nitrogens with zero attached hydrogens (tertiary/aromatic N) is 2. The standard InChI is InChI=1S/C13H15ClN2S/c1-8(17-2)9-5-10-7-16(11-3-4-11)15-13(10)12(14)6-9/h5-8,11H,3-4H2,1-2H3. The Labute approximate surface area is 110 Å². The predicted molar refractivity (Wildman–Crippen MR) is 74.9 cm³/mol. The van der Waals surface area contributed by atoms with E-state index in [1.807, 2.05) is 11.8 Å². The zero-order valence-electron chi connectivity index (χ0n) is 9.98. The molecule has 0 saturated heterocycles. The maximum absolute atomic E-state index is 6.32. The maximum Gasteiger partial charge on any atom is 0.111 e. The van der Waals surface area contributed by atoms with Gasteiger partial charge in [0, 0.05) is 16.8 Å². The summed E-state index contributed by atoms with van der Waals surface area (Å²) in [5.41, 5.74) is 2.22. The van der Waals surface area contributed by atoms with Gasteiger partial charge in [0.2, 0.25) is 0 Å². The van der Waals surface area contributed by atoms with E-state index in [-0.39, 0.29) is 0 Å². The molecular formula is C13H15ClN2S. The minimum absolute atomic E-state index is 0.473. The number of fused-ring (bicyclic) bond motifs is 1. The number of halogens is 1. The third-order valence-electron chi connectivity index (χ3n) is 3.35. The summed E-state index contributed by atoms with van der Waals surface area (Å²) in [6.45, 7) is 2.20. The lowest BCUT2D eigenvalue weighted by molar-refractivity contribution is 0.649. The van der Waals surface area contributed by atoms with Crippen LogP contribution in [0.2, 0.25) is 5.02 Å². The summed E-state index contributed by atoms with van der Waals surface area (Å²) in [5.74, 6) is 0. The summed E-state index contributed by atoms with van der Waals surface area (Å²) in [4.78, 5) is 0. The van der Waals surface area contributed by atoms with Crippen LogP contribution in [0.25, 0.3) is 10.9 Å². The van der Waals surface area contributed by atoms with E-state index in [9.17, 15) is 0 Å². The lowest BCUT2D eigenvalue weighted by Crippen LogP contribution is -1.92. The third kappa shape index (κ3) is 2.06. The lowest BCUT2D eigenvalue weighted by Gasteiger charge is -2.08. The molecule has 90 valence electrons. The Hall–Kier alpha value is -0.670. The van der Waals surface area contributed by atoms with Crippen LogP contribution >= 0.6 is 23.4 Å². The SMILES string of the molecule is CSC(C)c1cc(Cl)c2nn(C3CC3)cc2c1. The largest absolute Gasteiger partial charge is 0.268 e. The number of hydrogen-bond donors (Lipinski definition) is 0. The van der Waals surface area contributed by atoms with Crippen molar-refractivity contribution in [2.75, 3.05) is 6.26 Å². The van der Waals surface area contributed by atoms with Gasteiger partial charge in [-0.2, -0.15) is 16.9 Å². The quantitative estimate of drug-likeness (QED) is 0.817. The molecule has 1 atom stereocenters. The van der Waals surface area contributed by atoms with Crippen molar-refractivity contribution in [3.8, 4) is 0 Å². The van der Waals surface area contributed by atoms with Crippen molar-refractivity contribution in [2.24, 2.45) is 0 Å². The van der Waals surface area contributed by atoms with Gasteiger partial charge in [0.25, 0.3) is 0 Å². The predicted octanol–water partition coefficient (Wildman–Crippen LogP) is 4.45. The highest BCUT2D eigenvalue weighted by Crippen LogP contribution is 2.37. The van der Waals surface area contributed by atoms with E-state index >= 15 is 0 Å². The molecule has 3 rings (SSSR count). The minimum Gasteiger partial charge on any atom is -0.268 e. The van der Waals surface area contributed by atoms with Gasteiger partial charge in [0.05, 0.1) is 11.1 Å². The molecule has 1 aromatic heterocycles. The van der Waals surface area contributed by atoms with Gasteiger partial charge in [-0.05, 0) is 43.7 Å². The highest BCUT2D eigenvalue weighted by atomic mass is 35.5. The normalized spacial score (nSPS) is 17.6. The van der Waals surface area contributed by atoms with Crippen LogP contribution in [-0.4, -0.2) is 16.0 Å². The molecule has 0 N–H and O–H groups in total. The average Bonchev–Trinajstić information content (AvgIpc) is 3.08. The molecule has 2 nitrogen and oxygen atoms in total. The summed E-state index contributed by atoms with van der Waals surface area (Å²) in [7, 11) is 0. The number of benzene rings is 1. The number of rotatable bonds is 3. The molecule has 1 heterocycles. The van der Waals surface area contributed by atoms with E-state index in [0.29, 0.717) is 11.3 Å². The van der Waals surface area contributed by atoms with Crippen molar-refractivity contribution in [2.45, 2.75) is 31.1 Å². The Morgan fingerprint density at radius 3 is 2.88 bits per heavy atom. The molecule has 1 aliphatic rings. The van der Waals surface area contributed by atoms with Crippen molar-refractivity contribution in [3.05, 3.63) is 28.9 Å². The van der Waals surface area contributed by atoms with Crippen molar-refractivity contribution in [3.63, 3.8) is 0 Å². The number of thioether (sulfide) groups is 1. The fraction of sp³-hybridized carbons (Fsp3) is 0.462. The summed E-state index contributed by atoms with van der Waals surface area (Å²) in [5, 5.41) is 6.99. The van der Waals surface area contributed by atoms with Crippen LogP contribution in [-0.2, 0) is 0 Å². The summed E-state index contributed by atoms with van der Waals surface area (Å²) >= 11 is 8.15. The topological polar surface area (TPSA) is 17.8 Å². The van der Waals surface area contributed by atoms with Crippen LogP contribution in [0.3, 0.4) is 0 Å². The van der Waals surface area contributed by atoms with Crippen LogP contribution in [0.5, 0.6) is 0 Å². The second kappa shape index (κ2) is 4.21. The van der Waals surface area contributed by atoms with Gasteiger partial charge < -0.3 is 0 Å². The van der Waals surface area contributed by atoms with Gasteiger partial charge in [-0.3, -0.25) is 4.68 Å². The monoisotopic (exact) mass is 266 g/mol. The molecular weight excluding hydrogens is 252 g/mol. The molecule has 1 fully saturated rings. The number of aromatic nitrogens is 2. The highest BCUT2D eigenvalue weighted by Gasteiger charge is 2.25. The van der Waals surface area contributed by atoms with Gasteiger partial charge >= 0.3 is 0 Å². The first kappa shape index (κ1) is 11.4. The van der Waals surface area contributed by atoms with Gasteiger partial charge in [0.1, 0.15) is 5.52 Å². The molecule has 0 spiro atoms. The van der Waals surface area contributed by atoms with Crippen LogP contribution < -0.4 is 0 Å². The molecule has 17 heavy (non-hydrogen) atoms. The van der Waals surface area contributed by atoms with Crippen molar-refractivity contribution >= 4 is 34.3 Å². The van der Waals surface area contributed by atoms with Crippen molar-refractivity contribution in [1.82, 2.24) is 9.78 Å². The molecule has 1 saturated carbocycles. The van der Waals surface area contributed by atoms with E-state index in [4.69, 9.17) is 11.6 Å². The second-order valence-corrected chi connectivity index (χ2v) is 6.24. The van der Waals surface area contributed by atoms with Gasteiger partial charge in [-0.15, -0.1) is 0 Å². The average molecular weight is 267 g/mol. The molecule has 4 heteroatoms. The van der Waals surface area contributed by atoms with Crippen LogP contribution in [0.4, 0.5) is 0 Å². The van der Waals surface area contributed by atoms with Crippen LogP contribution in [0, 0.1) is 0 Å². The van der Waals surface area contributed by atoms with E-state index in [1.54, 1.807) is 0 Å². The smallest absolute Gasteiger partial charge is 0.111 e. The highest BCUT2D eigenvalue weighted by molar-refractivity contribution is 7.98. The first-order chi connectivity index (χ1) is 8.19. The Balaban J connectivity index is 2.11. The molecule has 0 radical (unpaired) electrons. The van der Waals surface area contributed by atoms with E-state index in [2.05, 4.69) is 41.3 Å². The Morgan fingerprint density at radius 2 is 2.24 bits per heavy atom. The van der Waals surface area contributed by atoms with E-state index in [1.165, 1.54) is 23.8 Å². The fourth-order valence-electron chi connectivity index (χ4n) is 2.03. The molecule has 2 aromatic rings. The second-order valence-electron chi connectivity index (χ2n) is 4.66. The molecule has 0 aliphatic heterocycles. The van der Waals surface area contributed by atoms with Crippen LogP contribution in [0.1, 0.15) is 36.6 Å². The minimum atomic E-state index is 0.473. The Bertz CT molecular complexity index is 560. The third-order valence-corrected chi connectivity index (χ3v) is 4.61. The van der Waals surface area contributed by atoms with Gasteiger partial charge in [-0.1, -0.05) is 11.6 Å². The maximum atomic E-state index is 6.32. The summed E-state index contributed by atoms with van der Waals surface area (Å²) in [6, 6.07) is 4.88. The first-order valence-corrected chi connectivity index (χ1v) is 7.56. The lowest BCUT2D eigenvalue weighted by atomic mass is 10.1. The Morgan fingerprint density at radius 1 is 1.47 bits per heavy atom. The molecule has 1 unspecified atom stereocenters. The summed E-state index contributed by atoms with van der Waals surface area (Å²) < 4.78 is 2.07.